The van der Waals surface area contributed by atoms with Gasteiger partial charge in [0.25, 0.3) is 0 Å². The molecule has 12 heavy (non-hydrogen) atoms. The number of nitrogens with one attached hydrogen (secondary N) is 1. The van der Waals surface area contributed by atoms with Gasteiger partial charge in [-0.25, -0.2) is 4.39 Å². The Balaban J connectivity index is 2.48. The van der Waals surface area contributed by atoms with Crippen LogP contribution < -0.4 is 5.32 Å². The molecule has 2 rings (SSSR count). The van der Waals surface area contributed by atoms with Crippen molar-refractivity contribution in [2.75, 3.05) is 6.61 Å². The average molecular weight is 167 g/mol. The van der Waals surface area contributed by atoms with E-state index in [2.05, 4.69) is 5.32 Å². The summed E-state index contributed by atoms with van der Waals surface area (Å²) in [5.74, 6) is -0.225. The molecule has 1 heterocycles. The van der Waals surface area contributed by atoms with Crippen LogP contribution in [0.3, 0.4) is 0 Å². The van der Waals surface area contributed by atoms with Gasteiger partial charge in [0.1, 0.15) is 5.82 Å². The van der Waals surface area contributed by atoms with Crippen LogP contribution in [0.2, 0.25) is 0 Å². The molecule has 1 aromatic carbocycles. The van der Waals surface area contributed by atoms with Crippen LogP contribution in [0, 0.1) is 5.82 Å². The lowest BCUT2D eigenvalue weighted by Gasteiger charge is -2.07. The first-order valence-corrected chi connectivity index (χ1v) is 3.94. The maximum Gasteiger partial charge on any atom is 0.128 e. The topological polar surface area (TPSA) is 32.3 Å². The molecule has 0 radical (unpaired) electrons. The first-order valence-electron chi connectivity index (χ1n) is 3.94. The van der Waals surface area contributed by atoms with Crippen LogP contribution in [0.1, 0.15) is 17.2 Å². The zero-order chi connectivity index (χ0) is 8.55. The highest BCUT2D eigenvalue weighted by molar-refractivity contribution is 5.35. The second-order valence-corrected chi connectivity index (χ2v) is 2.93. The SMILES string of the molecule is OCC1NCc2cccc(F)c21. The minimum absolute atomic E-state index is 0.0477. The molecule has 0 aliphatic carbocycles. The molecule has 1 unspecified atom stereocenters. The Morgan fingerprint density at radius 3 is 3.17 bits per heavy atom. The van der Waals surface area contributed by atoms with Crippen LogP contribution in [0.15, 0.2) is 18.2 Å². The van der Waals surface area contributed by atoms with Crippen LogP contribution in [0.25, 0.3) is 0 Å². The number of rotatable bonds is 1. The number of halogens is 1. The number of hydrogen-bond donors (Lipinski definition) is 2. The van der Waals surface area contributed by atoms with Gasteiger partial charge in [-0.15, -0.1) is 0 Å². The quantitative estimate of drug-likeness (QED) is 0.653. The van der Waals surface area contributed by atoms with Crippen molar-refractivity contribution in [3.05, 3.63) is 35.1 Å². The van der Waals surface area contributed by atoms with Crippen molar-refractivity contribution >= 4 is 0 Å². The van der Waals surface area contributed by atoms with Crippen LogP contribution in [0.5, 0.6) is 0 Å². The van der Waals surface area contributed by atoms with Crippen LogP contribution in [0.4, 0.5) is 4.39 Å². The summed E-state index contributed by atoms with van der Waals surface area (Å²) in [6.45, 7) is 0.603. The number of fused-ring (bicyclic) bond motifs is 1. The smallest absolute Gasteiger partial charge is 0.128 e. The third-order valence-corrected chi connectivity index (χ3v) is 2.21. The summed E-state index contributed by atoms with van der Waals surface area (Å²) < 4.78 is 13.2. The second-order valence-electron chi connectivity index (χ2n) is 2.93. The van der Waals surface area contributed by atoms with Crippen LogP contribution in [-0.4, -0.2) is 11.7 Å². The van der Waals surface area contributed by atoms with Gasteiger partial charge in [0, 0.05) is 12.1 Å². The van der Waals surface area contributed by atoms with E-state index in [4.69, 9.17) is 5.11 Å². The second kappa shape index (κ2) is 2.84. The van der Waals surface area contributed by atoms with E-state index in [0.717, 1.165) is 5.56 Å². The summed E-state index contributed by atoms with van der Waals surface area (Å²) >= 11 is 0. The molecule has 0 aromatic heterocycles. The zero-order valence-electron chi connectivity index (χ0n) is 6.55. The van der Waals surface area contributed by atoms with E-state index < -0.39 is 0 Å². The molecule has 1 aliphatic heterocycles. The first kappa shape index (κ1) is 7.71. The van der Waals surface area contributed by atoms with E-state index in [9.17, 15) is 4.39 Å². The van der Waals surface area contributed by atoms with Crippen LogP contribution in [-0.2, 0) is 6.54 Å². The van der Waals surface area contributed by atoms with Crippen molar-refractivity contribution in [3.8, 4) is 0 Å². The Bertz CT molecular complexity index is 301. The minimum atomic E-state index is -0.225. The van der Waals surface area contributed by atoms with Crippen molar-refractivity contribution in [2.24, 2.45) is 0 Å². The van der Waals surface area contributed by atoms with E-state index in [0.29, 0.717) is 12.1 Å². The molecule has 1 atom stereocenters. The molecule has 2 N–H and O–H groups in total. The third kappa shape index (κ3) is 1.02. The van der Waals surface area contributed by atoms with Gasteiger partial charge in [-0.05, 0) is 11.6 Å². The molecule has 0 saturated heterocycles. The monoisotopic (exact) mass is 167 g/mol. The summed E-state index contributed by atoms with van der Waals surface area (Å²) in [4.78, 5) is 0. The van der Waals surface area contributed by atoms with Gasteiger partial charge in [0.05, 0.1) is 12.6 Å². The number of aliphatic hydroxyl groups excluding tert-OH is 1. The normalized spacial score (nSPS) is 21.0. The minimum Gasteiger partial charge on any atom is -0.394 e. The van der Waals surface area contributed by atoms with Gasteiger partial charge < -0.3 is 10.4 Å². The number of benzene rings is 1. The molecule has 0 bridgehead atoms. The fourth-order valence-electron chi connectivity index (χ4n) is 1.62. The molecule has 0 spiro atoms. The maximum atomic E-state index is 13.2. The summed E-state index contributed by atoms with van der Waals surface area (Å²) in [6.07, 6.45) is 0. The van der Waals surface area contributed by atoms with Crippen molar-refractivity contribution in [2.45, 2.75) is 12.6 Å². The van der Waals surface area contributed by atoms with E-state index >= 15 is 0 Å². The Morgan fingerprint density at radius 1 is 1.58 bits per heavy atom. The molecule has 0 amide bonds. The molecule has 1 aromatic rings. The van der Waals surface area contributed by atoms with E-state index in [1.165, 1.54) is 6.07 Å². The lowest BCUT2D eigenvalue weighted by molar-refractivity contribution is 0.249. The van der Waals surface area contributed by atoms with Gasteiger partial charge in [-0.2, -0.15) is 0 Å². The Hall–Kier alpha value is -0.930. The predicted molar refractivity (Wildman–Crippen MR) is 43.1 cm³/mol. The lowest BCUT2D eigenvalue weighted by atomic mass is 10.1. The molecule has 0 fully saturated rings. The van der Waals surface area contributed by atoms with Gasteiger partial charge in [0.15, 0.2) is 0 Å². The molecule has 2 nitrogen and oxygen atoms in total. The van der Waals surface area contributed by atoms with Gasteiger partial charge in [0.2, 0.25) is 0 Å². The van der Waals surface area contributed by atoms with Crippen LogP contribution >= 0.6 is 0 Å². The third-order valence-electron chi connectivity index (χ3n) is 2.21. The highest BCUT2D eigenvalue weighted by atomic mass is 19.1. The zero-order valence-corrected chi connectivity index (χ0v) is 6.55. The Labute approximate surface area is 70.0 Å². The van der Waals surface area contributed by atoms with E-state index in [-0.39, 0.29) is 18.5 Å². The summed E-state index contributed by atoms with van der Waals surface area (Å²) in [7, 11) is 0. The predicted octanol–water partition coefficient (Wildman–Crippen LogP) is 0.962. The number of aliphatic hydroxyl groups is 1. The van der Waals surface area contributed by atoms with Gasteiger partial charge >= 0.3 is 0 Å². The average Bonchev–Trinajstić information content (AvgIpc) is 2.49. The van der Waals surface area contributed by atoms with Crippen molar-refractivity contribution < 1.29 is 9.50 Å². The van der Waals surface area contributed by atoms with E-state index in [1.54, 1.807) is 6.07 Å². The molecule has 3 heteroatoms. The Kier molecular flexibility index (Phi) is 1.83. The highest BCUT2D eigenvalue weighted by Crippen LogP contribution is 2.26. The summed E-state index contributed by atoms with van der Waals surface area (Å²) in [6, 6.07) is 4.77. The lowest BCUT2D eigenvalue weighted by Crippen LogP contribution is -2.16. The van der Waals surface area contributed by atoms with Crippen molar-refractivity contribution in [1.29, 1.82) is 0 Å². The Morgan fingerprint density at radius 2 is 2.42 bits per heavy atom. The van der Waals surface area contributed by atoms with E-state index in [1.807, 2.05) is 6.07 Å². The number of hydrogen-bond acceptors (Lipinski definition) is 2. The highest BCUT2D eigenvalue weighted by Gasteiger charge is 2.23. The van der Waals surface area contributed by atoms with Gasteiger partial charge in [-0.3, -0.25) is 0 Å². The standard InChI is InChI=1S/C9H10FNO/c10-7-3-1-2-6-4-11-8(5-12)9(6)7/h1-3,8,11-12H,4-5H2. The largest absolute Gasteiger partial charge is 0.394 e. The van der Waals surface area contributed by atoms with Crippen molar-refractivity contribution in [3.63, 3.8) is 0 Å². The molecule has 0 saturated carbocycles. The fourth-order valence-corrected chi connectivity index (χ4v) is 1.62. The molecular weight excluding hydrogens is 157 g/mol. The summed E-state index contributed by atoms with van der Waals surface area (Å²) in [5.41, 5.74) is 1.58. The molecule has 64 valence electrons. The first-order chi connectivity index (χ1) is 5.83. The fraction of sp³-hybridized carbons (Fsp3) is 0.333. The van der Waals surface area contributed by atoms with Crippen molar-refractivity contribution in [1.82, 2.24) is 5.32 Å². The maximum absolute atomic E-state index is 13.2. The summed E-state index contributed by atoms with van der Waals surface area (Å²) in [5, 5.41) is 11.9. The molecular formula is C9H10FNO. The van der Waals surface area contributed by atoms with Gasteiger partial charge in [-0.1, -0.05) is 12.1 Å². The molecule has 1 aliphatic rings.